The Balaban J connectivity index is 1.70. The summed E-state index contributed by atoms with van der Waals surface area (Å²) in [6.07, 6.45) is 7.22. The first-order chi connectivity index (χ1) is 10.7. The molecule has 0 aliphatic heterocycles. The van der Waals surface area contributed by atoms with E-state index in [2.05, 4.69) is 15.3 Å². The van der Waals surface area contributed by atoms with Crippen LogP contribution in [0.4, 0.5) is 5.82 Å². The van der Waals surface area contributed by atoms with Crippen LogP contribution in [0, 0.1) is 0 Å². The number of aryl methyl sites for hydroxylation is 1. The average molecular weight is 294 g/mol. The lowest BCUT2D eigenvalue weighted by Crippen LogP contribution is -2.19. The fourth-order valence-corrected chi connectivity index (χ4v) is 2.94. The van der Waals surface area contributed by atoms with Crippen LogP contribution < -0.4 is 5.32 Å². The summed E-state index contributed by atoms with van der Waals surface area (Å²) in [5, 5.41) is 2.86. The van der Waals surface area contributed by atoms with Gasteiger partial charge in [0.1, 0.15) is 11.5 Å². The number of Topliss-reactive ketones (excluding diaryl/α,β-unsaturated/α-hetero) is 1. The number of ketones is 1. The third-order valence-corrected chi connectivity index (χ3v) is 3.99. The highest BCUT2D eigenvalue weighted by Crippen LogP contribution is 2.24. The number of aromatic amines is 1. The van der Waals surface area contributed by atoms with Gasteiger partial charge in [-0.05, 0) is 25.0 Å². The fraction of sp³-hybridized carbons (Fsp3) is 0.188. The van der Waals surface area contributed by atoms with Gasteiger partial charge in [0.05, 0.1) is 11.1 Å². The van der Waals surface area contributed by atoms with E-state index in [0.29, 0.717) is 23.4 Å². The van der Waals surface area contributed by atoms with Crippen molar-refractivity contribution in [3.8, 4) is 0 Å². The fourth-order valence-electron chi connectivity index (χ4n) is 2.94. The van der Waals surface area contributed by atoms with Gasteiger partial charge in [0, 0.05) is 30.7 Å². The molecule has 1 aliphatic rings. The number of amides is 1. The molecule has 0 bridgehead atoms. The molecule has 110 valence electrons. The number of carbonyl (C=O) groups is 2. The highest BCUT2D eigenvalue weighted by Gasteiger charge is 2.26. The highest BCUT2D eigenvalue weighted by molar-refractivity contribution is 6.13. The maximum absolute atomic E-state index is 12.5. The second-order valence-corrected chi connectivity index (χ2v) is 5.35. The predicted molar refractivity (Wildman–Crippen MR) is 81.2 cm³/mol. The standard InChI is InChI=1S/C16H14N4O2/c21-12-4-1-3-11-15(12)10(9-18-11)16(22)19-14-6-2-5-13-17-7-8-20(13)14/h2,5-9,18H,1,3-4H2,(H,19,22). The summed E-state index contributed by atoms with van der Waals surface area (Å²) >= 11 is 0. The molecule has 0 unspecified atom stereocenters. The van der Waals surface area contributed by atoms with Gasteiger partial charge in [-0.1, -0.05) is 6.07 Å². The zero-order chi connectivity index (χ0) is 15.1. The molecule has 1 aliphatic carbocycles. The van der Waals surface area contributed by atoms with Gasteiger partial charge in [-0.2, -0.15) is 0 Å². The molecular weight excluding hydrogens is 280 g/mol. The van der Waals surface area contributed by atoms with Crippen LogP contribution in [0.1, 0.15) is 39.3 Å². The number of imidazole rings is 1. The van der Waals surface area contributed by atoms with Gasteiger partial charge in [-0.25, -0.2) is 4.98 Å². The molecule has 3 heterocycles. The minimum Gasteiger partial charge on any atom is -0.364 e. The van der Waals surface area contributed by atoms with Crippen LogP contribution in [0.15, 0.2) is 36.8 Å². The van der Waals surface area contributed by atoms with Crippen LogP contribution in [-0.4, -0.2) is 26.1 Å². The topological polar surface area (TPSA) is 79.3 Å². The van der Waals surface area contributed by atoms with E-state index in [1.165, 1.54) is 0 Å². The third kappa shape index (κ3) is 1.92. The molecule has 6 heteroatoms. The Hall–Kier alpha value is -2.89. The van der Waals surface area contributed by atoms with Crippen molar-refractivity contribution in [1.29, 1.82) is 0 Å². The number of nitrogens with zero attached hydrogens (tertiary/aromatic N) is 2. The maximum atomic E-state index is 12.5. The summed E-state index contributed by atoms with van der Waals surface area (Å²) in [6.45, 7) is 0. The second kappa shape index (κ2) is 4.84. The first-order valence-corrected chi connectivity index (χ1v) is 7.21. The molecule has 2 N–H and O–H groups in total. The van der Waals surface area contributed by atoms with Crippen molar-refractivity contribution in [2.75, 3.05) is 5.32 Å². The predicted octanol–water partition coefficient (Wildman–Crippen LogP) is 2.43. The first-order valence-electron chi connectivity index (χ1n) is 7.21. The Morgan fingerprint density at radius 3 is 3.14 bits per heavy atom. The Labute approximate surface area is 126 Å². The SMILES string of the molecule is O=C(Nc1cccc2nccn12)c1c[nH]c2c1C(=O)CCC2. The maximum Gasteiger partial charge on any atom is 0.259 e. The molecule has 0 atom stereocenters. The van der Waals surface area contributed by atoms with Gasteiger partial charge < -0.3 is 10.3 Å². The van der Waals surface area contributed by atoms with Gasteiger partial charge in [0.25, 0.3) is 5.91 Å². The molecule has 0 saturated carbocycles. The lowest BCUT2D eigenvalue weighted by Gasteiger charge is -2.12. The van der Waals surface area contributed by atoms with Crippen molar-refractivity contribution >= 4 is 23.2 Å². The van der Waals surface area contributed by atoms with Gasteiger partial charge in [-0.15, -0.1) is 0 Å². The number of hydrogen-bond acceptors (Lipinski definition) is 3. The summed E-state index contributed by atoms with van der Waals surface area (Å²) < 4.78 is 1.79. The van der Waals surface area contributed by atoms with E-state index in [0.717, 1.165) is 24.2 Å². The third-order valence-electron chi connectivity index (χ3n) is 3.99. The zero-order valence-electron chi connectivity index (χ0n) is 11.8. The van der Waals surface area contributed by atoms with E-state index >= 15 is 0 Å². The number of aromatic nitrogens is 3. The van der Waals surface area contributed by atoms with Crippen LogP contribution in [-0.2, 0) is 6.42 Å². The molecule has 4 rings (SSSR count). The minimum absolute atomic E-state index is 0.0356. The van der Waals surface area contributed by atoms with Crippen LogP contribution in [0.25, 0.3) is 5.65 Å². The van der Waals surface area contributed by atoms with Gasteiger partial charge in [-0.3, -0.25) is 14.0 Å². The van der Waals surface area contributed by atoms with Crippen molar-refractivity contribution in [1.82, 2.24) is 14.4 Å². The summed E-state index contributed by atoms with van der Waals surface area (Å²) in [7, 11) is 0. The normalized spacial score (nSPS) is 14.1. The van der Waals surface area contributed by atoms with Crippen molar-refractivity contribution in [2.45, 2.75) is 19.3 Å². The van der Waals surface area contributed by atoms with Crippen molar-refractivity contribution in [2.24, 2.45) is 0 Å². The number of hydrogen-bond donors (Lipinski definition) is 2. The van der Waals surface area contributed by atoms with Crippen molar-refractivity contribution < 1.29 is 9.59 Å². The van der Waals surface area contributed by atoms with Crippen LogP contribution in [0.3, 0.4) is 0 Å². The molecule has 22 heavy (non-hydrogen) atoms. The van der Waals surface area contributed by atoms with Gasteiger partial charge in [0.2, 0.25) is 0 Å². The molecule has 0 fully saturated rings. The Bertz CT molecular complexity index is 891. The number of anilines is 1. The van der Waals surface area contributed by atoms with E-state index in [1.54, 1.807) is 29.1 Å². The van der Waals surface area contributed by atoms with E-state index in [4.69, 9.17) is 0 Å². The van der Waals surface area contributed by atoms with Crippen LogP contribution in [0.2, 0.25) is 0 Å². The van der Waals surface area contributed by atoms with E-state index in [-0.39, 0.29) is 11.7 Å². The van der Waals surface area contributed by atoms with Gasteiger partial charge >= 0.3 is 0 Å². The van der Waals surface area contributed by atoms with Crippen molar-refractivity contribution in [3.05, 3.63) is 53.6 Å². The number of pyridine rings is 1. The lowest BCUT2D eigenvalue weighted by atomic mass is 9.93. The molecule has 3 aromatic heterocycles. The highest BCUT2D eigenvalue weighted by atomic mass is 16.2. The molecule has 0 saturated heterocycles. The molecule has 0 radical (unpaired) electrons. The molecule has 0 spiro atoms. The molecule has 3 aromatic rings. The quantitative estimate of drug-likeness (QED) is 0.762. The smallest absolute Gasteiger partial charge is 0.259 e. The number of rotatable bonds is 2. The molecular formula is C16H14N4O2. The largest absolute Gasteiger partial charge is 0.364 e. The van der Waals surface area contributed by atoms with E-state index < -0.39 is 0 Å². The zero-order valence-corrected chi connectivity index (χ0v) is 11.8. The van der Waals surface area contributed by atoms with Gasteiger partial charge in [0.15, 0.2) is 5.78 Å². The number of H-pyrrole nitrogens is 1. The number of fused-ring (bicyclic) bond motifs is 2. The summed E-state index contributed by atoms with van der Waals surface area (Å²) in [5.41, 5.74) is 2.57. The first kappa shape index (κ1) is 12.8. The summed E-state index contributed by atoms with van der Waals surface area (Å²) in [4.78, 5) is 31.9. The van der Waals surface area contributed by atoms with E-state index in [9.17, 15) is 9.59 Å². The molecule has 6 nitrogen and oxygen atoms in total. The number of nitrogens with one attached hydrogen (secondary N) is 2. The lowest BCUT2D eigenvalue weighted by molar-refractivity contribution is 0.0956. The molecule has 0 aromatic carbocycles. The Kier molecular flexibility index (Phi) is 2.82. The summed E-state index contributed by atoms with van der Waals surface area (Å²) in [5.74, 6) is 0.376. The monoisotopic (exact) mass is 294 g/mol. The second-order valence-electron chi connectivity index (χ2n) is 5.35. The summed E-state index contributed by atoms with van der Waals surface area (Å²) in [6, 6.07) is 5.49. The van der Waals surface area contributed by atoms with Crippen LogP contribution >= 0.6 is 0 Å². The molecule has 1 amide bonds. The average Bonchev–Trinajstić information content (AvgIpc) is 3.14. The van der Waals surface area contributed by atoms with Crippen LogP contribution in [0.5, 0.6) is 0 Å². The van der Waals surface area contributed by atoms with Crippen molar-refractivity contribution in [3.63, 3.8) is 0 Å². The van der Waals surface area contributed by atoms with E-state index in [1.807, 2.05) is 12.1 Å². The Morgan fingerprint density at radius 1 is 1.32 bits per heavy atom. The minimum atomic E-state index is -0.283. The number of carbonyl (C=O) groups excluding carboxylic acids is 2. The Morgan fingerprint density at radius 2 is 2.23 bits per heavy atom.